The molecule has 0 bridgehead atoms. The minimum absolute atomic E-state index is 0.465. The van der Waals surface area contributed by atoms with Crippen LogP contribution in [0.5, 0.6) is 11.5 Å². The molecule has 0 spiro atoms. The zero-order chi connectivity index (χ0) is 11.8. The van der Waals surface area contributed by atoms with Gasteiger partial charge in [-0.25, -0.2) is 0 Å². The molecule has 0 unspecified atom stereocenters. The summed E-state index contributed by atoms with van der Waals surface area (Å²) < 4.78 is 11.3. The van der Waals surface area contributed by atoms with Crippen molar-refractivity contribution in [2.24, 2.45) is 0 Å². The van der Waals surface area contributed by atoms with Gasteiger partial charge in [0.2, 0.25) is 0 Å². The number of hydrogen-bond acceptors (Lipinski definition) is 2. The fraction of sp³-hybridized carbons (Fsp3) is 0.0769. The van der Waals surface area contributed by atoms with Crippen molar-refractivity contribution >= 4 is 23.2 Å². The molecule has 0 aliphatic carbocycles. The van der Waals surface area contributed by atoms with Crippen molar-refractivity contribution < 1.29 is 9.47 Å². The van der Waals surface area contributed by atoms with Crippen LogP contribution in [0, 0.1) is 0 Å². The van der Waals surface area contributed by atoms with E-state index in [4.69, 9.17) is 32.7 Å². The molecular formula is C13H8Cl2O2. The lowest BCUT2D eigenvalue weighted by Crippen LogP contribution is -2.08. The fourth-order valence-electron chi connectivity index (χ4n) is 1.73. The molecule has 0 N–H and O–H groups in total. The second-order valence-corrected chi connectivity index (χ2v) is 4.44. The Morgan fingerprint density at radius 3 is 2.12 bits per heavy atom. The Hall–Kier alpha value is -1.38. The number of halogens is 2. The highest BCUT2D eigenvalue weighted by Gasteiger charge is 2.27. The number of fused-ring (bicyclic) bond motifs is 1. The van der Waals surface area contributed by atoms with Crippen molar-refractivity contribution in [1.29, 1.82) is 0 Å². The highest BCUT2D eigenvalue weighted by atomic mass is 35.5. The summed E-state index contributed by atoms with van der Waals surface area (Å²) >= 11 is 12.1. The summed E-state index contributed by atoms with van der Waals surface area (Å²) in [4.78, 5) is 0. The van der Waals surface area contributed by atoms with E-state index in [0.717, 1.165) is 5.56 Å². The number of hydrogen-bond donors (Lipinski definition) is 0. The van der Waals surface area contributed by atoms with E-state index >= 15 is 0 Å². The molecule has 1 aliphatic rings. The van der Waals surface area contributed by atoms with Gasteiger partial charge in [-0.2, -0.15) is 0 Å². The minimum atomic E-state index is -0.529. The van der Waals surface area contributed by atoms with Gasteiger partial charge < -0.3 is 9.47 Å². The van der Waals surface area contributed by atoms with Crippen LogP contribution in [0.3, 0.4) is 0 Å². The summed E-state index contributed by atoms with van der Waals surface area (Å²) in [7, 11) is 0. The van der Waals surface area contributed by atoms with Gasteiger partial charge in [0.25, 0.3) is 6.29 Å². The van der Waals surface area contributed by atoms with Crippen molar-refractivity contribution in [1.82, 2.24) is 0 Å². The van der Waals surface area contributed by atoms with E-state index < -0.39 is 6.29 Å². The zero-order valence-corrected chi connectivity index (χ0v) is 10.2. The quantitative estimate of drug-likeness (QED) is 0.759. The fourth-order valence-corrected chi connectivity index (χ4v) is 2.13. The van der Waals surface area contributed by atoms with E-state index in [2.05, 4.69) is 0 Å². The third-order valence-corrected chi connectivity index (χ3v) is 3.39. The van der Waals surface area contributed by atoms with Crippen LogP contribution >= 0.6 is 23.2 Å². The van der Waals surface area contributed by atoms with Gasteiger partial charge in [-0.3, -0.25) is 0 Å². The predicted octanol–water partition coefficient (Wildman–Crippen LogP) is 4.46. The van der Waals surface area contributed by atoms with Crippen LogP contribution in [0.15, 0.2) is 42.5 Å². The first-order chi connectivity index (χ1) is 8.25. The van der Waals surface area contributed by atoms with E-state index in [1.54, 1.807) is 6.07 Å². The number of para-hydroxylation sites is 2. The van der Waals surface area contributed by atoms with Gasteiger partial charge >= 0.3 is 0 Å². The van der Waals surface area contributed by atoms with Gasteiger partial charge in [-0.05, 0) is 24.3 Å². The molecule has 2 aromatic carbocycles. The molecule has 3 rings (SSSR count). The highest BCUT2D eigenvalue weighted by Crippen LogP contribution is 2.42. The van der Waals surface area contributed by atoms with Crippen molar-refractivity contribution in [2.45, 2.75) is 6.29 Å². The van der Waals surface area contributed by atoms with Gasteiger partial charge in [0.1, 0.15) is 0 Å². The maximum absolute atomic E-state index is 6.12. The number of rotatable bonds is 1. The standard InChI is InChI=1S/C13H8Cl2O2/c14-9-5-3-4-8(12(9)15)13-16-10-6-1-2-7-11(10)17-13/h1-7,13H. The number of ether oxygens (including phenoxy) is 2. The maximum atomic E-state index is 6.12. The monoisotopic (exact) mass is 266 g/mol. The van der Waals surface area contributed by atoms with Gasteiger partial charge in [-0.1, -0.05) is 41.4 Å². The molecule has 17 heavy (non-hydrogen) atoms. The molecule has 0 saturated heterocycles. The normalized spacial score (nSPS) is 14.0. The van der Waals surface area contributed by atoms with Crippen molar-refractivity contribution in [3.8, 4) is 11.5 Å². The van der Waals surface area contributed by atoms with Crippen LogP contribution in [0.2, 0.25) is 10.0 Å². The molecule has 0 amide bonds. The first-order valence-electron chi connectivity index (χ1n) is 5.12. The third kappa shape index (κ3) is 1.84. The van der Waals surface area contributed by atoms with Crippen molar-refractivity contribution in [3.63, 3.8) is 0 Å². The molecule has 1 heterocycles. The molecule has 0 radical (unpaired) electrons. The van der Waals surface area contributed by atoms with Crippen LogP contribution in [0.1, 0.15) is 11.9 Å². The van der Waals surface area contributed by atoms with Gasteiger partial charge in [0.15, 0.2) is 11.5 Å². The van der Waals surface area contributed by atoms with E-state index in [-0.39, 0.29) is 0 Å². The molecule has 2 nitrogen and oxygen atoms in total. The first-order valence-corrected chi connectivity index (χ1v) is 5.87. The molecule has 0 aromatic heterocycles. The lowest BCUT2D eigenvalue weighted by atomic mass is 10.2. The molecule has 86 valence electrons. The average Bonchev–Trinajstić information content (AvgIpc) is 2.76. The molecule has 1 aliphatic heterocycles. The Bertz CT molecular complexity index is 544. The smallest absolute Gasteiger partial charge is 0.269 e. The summed E-state index contributed by atoms with van der Waals surface area (Å²) in [5.74, 6) is 1.43. The predicted molar refractivity (Wildman–Crippen MR) is 66.9 cm³/mol. The van der Waals surface area contributed by atoms with Crippen LogP contribution in [-0.4, -0.2) is 0 Å². The summed E-state index contributed by atoms with van der Waals surface area (Å²) in [6.07, 6.45) is -0.529. The molecule has 2 aromatic rings. The molecule has 0 atom stereocenters. The van der Waals surface area contributed by atoms with Crippen LogP contribution in [0.25, 0.3) is 0 Å². The van der Waals surface area contributed by atoms with Crippen LogP contribution in [-0.2, 0) is 0 Å². The SMILES string of the molecule is Clc1cccc(C2Oc3ccccc3O2)c1Cl. The molecule has 0 saturated carbocycles. The van der Waals surface area contributed by atoms with Crippen LogP contribution < -0.4 is 9.47 Å². The Balaban J connectivity index is 1.97. The Morgan fingerprint density at radius 2 is 1.47 bits per heavy atom. The summed E-state index contributed by atoms with van der Waals surface area (Å²) in [6, 6.07) is 12.9. The van der Waals surface area contributed by atoms with Gasteiger partial charge in [0.05, 0.1) is 15.6 Å². The van der Waals surface area contributed by atoms with Crippen molar-refractivity contribution in [3.05, 3.63) is 58.1 Å². The second-order valence-electron chi connectivity index (χ2n) is 3.66. The Kier molecular flexibility index (Phi) is 2.61. The molecule has 4 heteroatoms. The van der Waals surface area contributed by atoms with E-state index in [1.807, 2.05) is 36.4 Å². The minimum Gasteiger partial charge on any atom is -0.447 e. The second kappa shape index (κ2) is 4.13. The average molecular weight is 267 g/mol. The van der Waals surface area contributed by atoms with Gasteiger partial charge in [-0.15, -0.1) is 0 Å². The summed E-state index contributed by atoms with van der Waals surface area (Å²) in [5, 5.41) is 0.958. The van der Waals surface area contributed by atoms with E-state index in [0.29, 0.717) is 21.5 Å². The summed E-state index contributed by atoms with van der Waals surface area (Å²) in [6.45, 7) is 0. The molecular weight excluding hydrogens is 259 g/mol. The first kappa shape index (κ1) is 10.8. The highest BCUT2D eigenvalue weighted by molar-refractivity contribution is 6.42. The third-order valence-electron chi connectivity index (χ3n) is 2.55. The maximum Gasteiger partial charge on any atom is 0.269 e. The summed E-state index contributed by atoms with van der Waals surface area (Å²) in [5.41, 5.74) is 0.732. The van der Waals surface area contributed by atoms with E-state index in [9.17, 15) is 0 Å². The lowest BCUT2D eigenvalue weighted by molar-refractivity contribution is 0.0488. The largest absolute Gasteiger partial charge is 0.447 e. The topological polar surface area (TPSA) is 18.5 Å². The molecule has 0 fully saturated rings. The Morgan fingerprint density at radius 1 is 0.824 bits per heavy atom. The lowest BCUT2D eigenvalue weighted by Gasteiger charge is -2.12. The van der Waals surface area contributed by atoms with Crippen molar-refractivity contribution in [2.75, 3.05) is 0 Å². The van der Waals surface area contributed by atoms with E-state index in [1.165, 1.54) is 0 Å². The Labute approximate surface area is 109 Å². The van der Waals surface area contributed by atoms with Crippen LogP contribution in [0.4, 0.5) is 0 Å². The number of benzene rings is 2. The zero-order valence-electron chi connectivity index (χ0n) is 8.69. The van der Waals surface area contributed by atoms with Gasteiger partial charge in [0, 0.05) is 0 Å².